The van der Waals surface area contributed by atoms with Crippen molar-refractivity contribution < 1.29 is 0 Å². The van der Waals surface area contributed by atoms with Crippen LogP contribution in [0.3, 0.4) is 0 Å². The molecule has 1 aromatic carbocycles. The third kappa shape index (κ3) is 3.16. The molecule has 1 aliphatic rings. The van der Waals surface area contributed by atoms with Crippen molar-refractivity contribution in [2.24, 2.45) is 17.8 Å². The molecule has 1 aromatic rings. The Bertz CT molecular complexity index is 375. The molecule has 0 heterocycles. The molecule has 0 amide bonds. The van der Waals surface area contributed by atoms with E-state index in [4.69, 9.17) is 0 Å². The van der Waals surface area contributed by atoms with Crippen molar-refractivity contribution >= 4 is 0 Å². The first-order chi connectivity index (χ1) is 8.58. The summed E-state index contributed by atoms with van der Waals surface area (Å²) >= 11 is 0. The molecule has 100 valence electrons. The summed E-state index contributed by atoms with van der Waals surface area (Å²) in [4.78, 5) is 0. The van der Waals surface area contributed by atoms with Gasteiger partial charge < -0.3 is 0 Å². The van der Waals surface area contributed by atoms with Crippen LogP contribution in [0.25, 0.3) is 0 Å². The lowest BCUT2D eigenvalue weighted by Gasteiger charge is -2.38. The summed E-state index contributed by atoms with van der Waals surface area (Å²) < 4.78 is 0. The van der Waals surface area contributed by atoms with Crippen LogP contribution in [-0.2, 0) is 6.42 Å². The molecule has 0 aliphatic heterocycles. The zero-order chi connectivity index (χ0) is 13.1. The van der Waals surface area contributed by atoms with Gasteiger partial charge in [0.05, 0.1) is 0 Å². The summed E-state index contributed by atoms with van der Waals surface area (Å²) in [6.07, 6.45) is 5.65. The van der Waals surface area contributed by atoms with Gasteiger partial charge >= 0.3 is 0 Å². The predicted molar refractivity (Wildman–Crippen MR) is 79.9 cm³/mol. The molecule has 2 unspecified atom stereocenters. The van der Waals surface area contributed by atoms with E-state index in [0.717, 1.165) is 17.8 Å². The van der Waals surface area contributed by atoms with Gasteiger partial charge in [-0.25, -0.2) is 0 Å². The van der Waals surface area contributed by atoms with Crippen molar-refractivity contribution in [1.29, 1.82) is 0 Å². The number of rotatable bonds is 5. The minimum atomic E-state index is 0.657. The van der Waals surface area contributed by atoms with Crippen LogP contribution >= 0.6 is 0 Å². The fraction of sp³-hybridized carbons (Fsp3) is 0.667. The van der Waals surface area contributed by atoms with Crippen molar-refractivity contribution in [3.05, 3.63) is 35.4 Å². The predicted octanol–water partition coefficient (Wildman–Crippen LogP) is 5.42. The minimum absolute atomic E-state index is 0.657. The molecular formula is C18H28. The van der Waals surface area contributed by atoms with Gasteiger partial charge in [0, 0.05) is 0 Å². The van der Waals surface area contributed by atoms with E-state index in [-0.39, 0.29) is 0 Å². The van der Waals surface area contributed by atoms with Crippen LogP contribution in [0.15, 0.2) is 24.3 Å². The Labute approximate surface area is 113 Å². The Morgan fingerprint density at radius 2 is 1.67 bits per heavy atom. The van der Waals surface area contributed by atoms with Crippen LogP contribution in [0.4, 0.5) is 0 Å². The van der Waals surface area contributed by atoms with E-state index in [0.29, 0.717) is 5.92 Å². The second-order valence-corrected chi connectivity index (χ2v) is 6.78. The fourth-order valence-corrected chi connectivity index (χ4v) is 3.39. The third-order valence-corrected chi connectivity index (χ3v) is 4.51. The Hall–Kier alpha value is -0.780. The van der Waals surface area contributed by atoms with E-state index in [2.05, 4.69) is 52.0 Å². The topological polar surface area (TPSA) is 0 Å². The summed E-state index contributed by atoms with van der Waals surface area (Å²) in [5.41, 5.74) is 3.17. The van der Waals surface area contributed by atoms with Crippen molar-refractivity contribution in [2.75, 3.05) is 0 Å². The third-order valence-electron chi connectivity index (χ3n) is 4.51. The summed E-state index contributed by atoms with van der Waals surface area (Å²) in [6, 6.07) is 9.05. The van der Waals surface area contributed by atoms with E-state index < -0.39 is 0 Å². The second kappa shape index (κ2) is 5.91. The molecule has 0 N–H and O–H groups in total. The summed E-state index contributed by atoms with van der Waals surface area (Å²) in [5, 5.41) is 0. The molecular weight excluding hydrogens is 216 g/mol. The average Bonchev–Trinajstić information content (AvgIpc) is 2.32. The van der Waals surface area contributed by atoms with Gasteiger partial charge in [-0.2, -0.15) is 0 Å². The van der Waals surface area contributed by atoms with Crippen LogP contribution in [0.2, 0.25) is 0 Å². The first-order valence-electron chi connectivity index (χ1n) is 7.65. The summed E-state index contributed by atoms with van der Waals surface area (Å²) in [5.74, 6) is 3.46. The number of benzene rings is 1. The highest BCUT2D eigenvalue weighted by Crippen LogP contribution is 2.41. The molecule has 0 heteroatoms. The van der Waals surface area contributed by atoms with Gasteiger partial charge in [0.25, 0.3) is 0 Å². The number of hydrogen-bond donors (Lipinski definition) is 0. The molecule has 0 radical (unpaired) electrons. The Morgan fingerprint density at radius 3 is 2.22 bits per heavy atom. The molecule has 18 heavy (non-hydrogen) atoms. The molecule has 2 atom stereocenters. The van der Waals surface area contributed by atoms with Gasteiger partial charge in [-0.3, -0.25) is 0 Å². The van der Waals surface area contributed by atoms with E-state index in [9.17, 15) is 0 Å². The zero-order valence-corrected chi connectivity index (χ0v) is 12.4. The van der Waals surface area contributed by atoms with Crippen LogP contribution in [-0.4, -0.2) is 0 Å². The van der Waals surface area contributed by atoms with Gasteiger partial charge in [-0.05, 0) is 60.5 Å². The fourth-order valence-electron chi connectivity index (χ4n) is 3.39. The van der Waals surface area contributed by atoms with Gasteiger partial charge in [-0.15, -0.1) is 0 Å². The molecule has 0 nitrogen and oxygen atoms in total. The molecule has 0 bridgehead atoms. The summed E-state index contributed by atoms with van der Waals surface area (Å²) in [7, 11) is 0. The van der Waals surface area contributed by atoms with Crippen LogP contribution in [0, 0.1) is 17.8 Å². The molecule has 1 saturated carbocycles. The first-order valence-corrected chi connectivity index (χ1v) is 7.65. The highest BCUT2D eigenvalue weighted by atomic mass is 14.4. The van der Waals surface area contributed by atoms with Crippen molar-refractivity contribution in [3.8, 4) is 0 Å². The monoisotopic (exact) mass is 244 g/mol. The maximum Gasteiger partial charge on any atom is -0.0216 e. The largest absolute Gasteiger partial charge is 0.0628 e. The highest BCUT2D eigenvalue weighted by Gasteiger charge is 2.31. The molecule has 0 spiro atoms. The standard InChI is InChI=1S/C18H28/c1-13(2)11-15-9-10-16(15)12-17-7-5-6-8-18(17)14(3)4/h5-8,13-16H,9-12H2,1-4H3. The van der Waals surface area contributed by atoms with Gasteiger partial charge in [0.2, 0.25) is 0 Å². The molecule has 1 fully saturated rings. The van der Waals surface area contributed by atoms with E-state index in [1.165, 1.54) is 25.7 Å². The smallest absolute Gasteiger partial charge is 0.0216 e. The van der Waals surface area contributed by atoms with Gasteiger partial charge in [0.1, 0.15) is 0 Å². The minimum Gasteiger partial charge on any atom is -0.0628 e. The van der Waals surface area contributed by atoms with Crippen LogP contribution in [0.5, 0.6) is 0 Å². The van der Waals surface area contributed by atoms with Crippen molar-refractivity contribution in [1.82, 2.24) is 0 Å². The van der Waals surface area contributed by atoms with Crippen molar-refractivity contribution in [3.63, 3.8) is 0 Å². The normalized spacial score (nSPS) is 23.4. The zero-order valence-electron chi connectivity index (χ0n) is 12.4. The van der Waals surface area contributed by atoms with E-state index in [1.54, 1.807) is 11.1 Å². The summed E-state index contributed by atoms with van der Waals surface area (Å²) in [6.45, 7) is 9.34. The highest BCUT2D eigenvalue weighted by molar-refractivity contribution is 5.30. The quantitative estimate of drug-likeness (QED) is 0.648. The second-order valence-electron chi connectivity index (χ2n) is 6.78. The molecule has 0 aromatic heterocycles. The first kappa shape index (κ1) is 13.6. The Balaban J connectivity index is 2.01. The van der Waals surface area contributed by atoms with Crippen molar-refractivity contribution in [2.45, 2.75) is 59.3 Å². The maximum absolute atomic E-state index is 2.36. The lowest BCUT2D eigenvalue weighted by atomic mass is 9.67. The molecule has 2 rings (SSSR count). The molecule has 1 aliphatic carbocycles. The average molecular weight is 244 g/mol. The number of hydrogen-bond acceptors (Lipinski definition) is 0. The lowest BCUT2D eigenvalue weighted by molar-refractivity contribution is 0.146. The Kier molecular flexibility index (Phi) is 4.48. The molecule has 0 saturated heterocycles. The Morgan fingerprint density at radius 1 is 1.00 bits per heavy atom. The lowest BCUT2D eigenvalue weighted by Crippen LogP contribution is -2.29. The van der Waals surface area contributed by atoms with Gasteiger partial charge in [-0.1, -0.05) is 52.0 Å². The maximum atomic E-state index is 2.36. The SMILES string of the molecule is CC(C)CC1CCC1Cc1ccccc1C(C)C. The van der Waals surface area contributed by atoms with Crippen LogP contribution < -0.4 is 0 Å². The van der Waals surface area contributed by atoms with E-state index in [1.807, 2.05) is 0 Å². The van der Waals surface area contributed by atoms with Gasteiger partial charge in [0.15, 0.2) is 0 Å². The van der Waals surface area contributed by atoms with Crippen LogP contribution in [0.1, 0.15) is 64.0 Å². The van der Waals surface area contributed by atoms with E-state index >= 15 is 0 Å².